The fourth-order valence-corrected chi connectivity index (χ4v) is 3.54. The summed E-state index contributed by atoms with van der Waals surface area (Å²) in [4.78, 5) is 2.08. The van der Waals surface area contributed by atoms with Crippen molar-refractivity contribution in [2.75, 3.05) is 16.2 Å². The normalized spacial score (nSPS) is 11.2. The molecule has 0 amide bonds. The molecule has 0 radical (unpaired) electrons. The van der Waals surface area contributed by atoms with E-state index in [-0.39, 0.29) is 10.7 Å². The molecule has 0 fully saturated rings. The summed E-state index contributed by atoms with van der Waals surface area (Å²) in [5, 5.41) is 8.61. The molecule has 26 heavy (non-hydrogen) atoms. The lowest BCUT2D eigenvalue weighted by molar-refractivity contribution is 0.601. The molecule has 1 N–H and O–H groups in total. The zero-order chi connectivity index (χ0) is 18.6. The minimum atomic E-state index is -3.75. The maximum absolute atomic E-state index is 12.4. The first-order valence-corrected chi connectivity index (χ1v) is 9.80. The van der Waals surface area contributed by atoms with Crippen molar-refractivity contribution >= 4 is 38.9 Å². The van der Waals surface area contributed by atoms with Crippen LogP contribution in [0.2, 0.25) is 5.02 Å². The Morgan fingerprint density at radius 2 is 1.65 bits per heavy atom. The Bertz CT molecular complexity index is 962. The molecule has 0 atom stereocenters. The summed E-state index contributed by atoms with van der Waals surface area (Å²) in [5.74, 6) is 0.779. The predicted octanol–water partition coefficient (Wildman–Crippen LogP) is 4.09. The summed E-state index contributed by atoms with van der Waals surface area (Å²) in [5.41, 5.74) is 0.985. The molecule has 0 bridgehead atoms. The number of rotatable bonds is 6. The fraction of sp³-hybridized carbons (Fsp3) is 0.111. The van der Waals surface area contributed by atoms with E-state index in [0.29, 0.717) is 17.4 Å². The largest absolute Gasteiger partial charge is 0.325 e. The van der Waals surface area contributed by atoms with E-state index in [0.717, 1.165) is 5.69 Å². The van der Waals surface area contributed by atoms with Crippen LogP contribution in [0.15, 0.2) is 71.6 Å². The van der Waals surface area contributed by atoms with Crippen LogP contribution in [0, 0.1) is 0 Å². The number of hydrogen-bond donors (Lipinski definition) is 1. The van der Waals surface area contributed by atoms with E-state index < -0.39 is 10.0 Å². The van der Waals surface area contributed by atoms with E-state index in [2.05, 4.69) is 14.9 Å². The molecule has 6 nitrogen and oxygen atoms in total. The van der Waals surface area contributed by atoms with E-state index in [1.54, 1.807) is 12.1 Å². The summed E-state index contributed by atoms with van der Waals surface area (Å²) in [7, 11) is -3.75. The Hall–Kier alpha value is -2.64. The van der Waals surface area contributed by atoms with Crippen molar-refractivity contribution in [3.05, 3.63) is 71.8 Å². The molecule has 0 unspecified atom stereocenters. The van der Waals surface area contributed by atoms with Crippen LogP contribution >= 0.6 is 11.6 Å². The molecule has 0 saturated heterocycles. The second kappa shape index (κ2) is 7.72. The van der Waals surface area contributed by atoms with Crippen LogP contribution in [0.5, 0.6) is 0 Å². The van der Waals surface area contributed by atoms with Gasteiger partial charge in [0.15, 0.2) is 11.6 Å². The molecule has 0 aliphatic heterocycles. The predicted molar refractivity (Wildman–Crippen MR) is 103 cm³/mol. The molecule has 2 aromatic carbocycles. The van der Waals surface area contributed by atoms with Gasteiger partial charge in [0.2, 0.25) is 0 Å². The van der Waals surface area contributed by atoms with Gasteiger partial charge in [-0.1, -0.05) is 29.8 Å². The van der Waals surface area contributed by atoms with Gasteiger partial charge >= 0.3 is 0 Å². The minimum absolute atomic E-state index is 0.104. The SMILES string of the molecule is CCN(c1ccccc1)c1ccc(NS(=O)(=O)c2ccc(Cl)cc2)nn1. The summed E-state index contributed by atoms with van der Waals surface area (Å²) < 4.78 is 27.2. The topological polar surface area (TPSA) is 75.2 Å². The van der Waals surface area contributed by atoms with Gasteiger partial charge in [0.05, 0.1) is 4.90 Å². The lowest BCUT2D eigenvalue weighted by Crippen LogP contribution is -2.19. The highest BCUT2D eigenvalue weighted by Gasteiger charge is 2.16. The molecule has 0 saturated carbocycles. The smallest absolute Gasteiger partial charge is 0.263 e. The van der Waals surface area contributed by atoms with Crippen LogP contribution in [0.3, 0.4) is 0 Å². The summed E-state index contributed by atoms with van der Waals surface area (Å²) in [6, 6.07) is 19.0. The molecule has 8 heteroatoms. The van der Waals surface area contributed by atoms with Crippen molar-refractivity contribution < 1.29 is 8.42 Å². The molecule has 3 rings (SSSR count). The van der Waals surface area contributed by atoms with Gasteiger partial charge in [0, 0.05) is 17.3 Å². The molecule has 0 aliphatic rings. The highest BCUT2D eigenvalue weighted by atomic mass is 35.5. The van der Waals surface area contributed by atoms with E-state index >= 15 is 0 Å². The van der Waals surface area contributed by atoms with Crippen molar-refractivity contribution in [1.29, 1.82) is 0 Å². The third-order valence-corrected chi connectivity index (χ3v) is 5.30. The number of sulfonamides is 1. The zero-order valence-electron chi connectivity index (χ0n) is 14.0. The van der Waals surface area contributed by atoms with Crippen molar-refractivity contribution in [3.63, 3.8) is 0 Å². The van der Waals surface area contributed by atoms with Gasteiger partial charge in [-0.05, 0) is 55.5 Å². The van der Waals surface area contributed by atoms with Crippen LogP contribution in [0.25, 0.3) is 0 Å². The Balaban J connectivity index is 1.80. The zero-order valence-corrected chi connectivity index (χ0v) is 15.6. The summed E-state index contributed by atoms with van der Waals surface area (Å²) in [6.07, 6.45) is 0. The van der Waals surface area contributed by atoms with Gasteiger partial charge in [0.1, 0.15) is 0 Å². The van der Waals surface area contributed by atoms with Gasteiger partial charge in [-0.15, -0.1) is 10.2 Å². The third-order valence-electron chi connectivity index (χ3n) is 3.67. The molecular weight excluding hydrogens is 372 g/mol. The van der Waals surface area contributed by atoms with E-state index in [4.69, 9.17) is 11.6 Å². The molecule has 1 heterocycles. The van der Waals surface area contributed by atoms with Gasteiger partial charge in [0.25, 0.3) is 10.0 Å². The summed E-state index contributed by atoms with van der Waals surface area (Å²) in [6.45, 7) is 2.71. The highest BCUT2D eigenvalue weighted by molar-refractivity contribution is 7.92. The van der Waals surface area contributed by atoms with Crippen molar-refractivity contribution in [1.82, 2.24) is 10.2 Å². The third kappa shape index (κ3) is 4.12. The number of nitrogens with zero attached hydrogens (tertiary/aromatic N) is 3. The van der Waals surface area contributed by atoms with Crippen LogP contribution in [-0.2, 0) is 10.0 Å². The van der Waals surface area contributed by atoms with Crippen molar-refractivity contribution in [3.8, 4) is 0 Å². The Labute approximate surface area is 157 Å². The lowest BCUT2D eigenvalue weighted by Gasteiger charge is -2.21. The minimum Gasteiger partial charge on any atom is -0.325 e. The first-order valence-electron chi connectivity index (χ1n) is 7.94. The summed E-state index contributed by atoms with van der Waals surface area (Å²) >= 11 is 5.79. The van der Waals surface area contributed by atoms with Gasteiger partial charge in [-0.3, -0.25) is 4.72 Å². The molecule has 0 spiro atoms. The van der Waals surface area contributed by atoms with E-state index in [1.807, 2.05) is 42.2 Å². The van der Waals surface area contributed by atoms with Crippen molar-refractivity contribution in [2.24, 2.45) is 0 Å². The maximum atomic E-state index is 12.4. The van der Waals surface area contributed by atoms with E-state index in [9.17, 15) is 8.42 Å². The van der Waals surface area contributed by atoms with Gasteiger partial charge < -0.3 is 4.90 Å². The first-order chi connectivity index (χ1) is 12.5. The first kappa shape index (κ1) is 18.2. The average Bonchev–Trinajstić information content (AvgIpc) is 2.65. The lowest BCUT2D eigenvalue weighted by atomic mass is 10.3. The molecule has 0 aliphatic carbocycles. The Morgan fingerprint density at radius 3 is 2.23 bits per heavy atom. The standard InChI is InChI=1S/C18H17ClN4O2S/c1-2-23(15-6-4-3-5-7-15)18-13-12-17(20-21-18)22-26(24,25)16-10-8-14(19)9-11-16/h3-13H,2H2,1H3,(H,20,22). The number of aromatic nitrogens is 2. The number of halogens is 1. The number of para-hydroxylation sites is 1. The van der Waals surface area contributed by atoms with Crippen molar-refractivity contribution in [2.45, 2.75) is 11.8 Å². The maximum Gasteiger partial charge on any atom is 0.263 e. The number of anilines is 3. The number of nitrogens with one attached hydrogen (secondary N) is 1. The van der Waals surface area contributed by atoms with Gasteiger partial charge in [-0.2, -0.15) is 0 Å². The fourth-order valence-electron chi connectivity index (χ4n) is 2.42. The van der Waals surface area contributed by atoms with Gasteiger partial charge in [-0.25, -0.2) is 8.42 Å². The quantitative estimate of drug-likeness (QED) is 0.688. The average molecular weight is 389 g/mol. The molecule has 3 aromatic rings. The van der Waals surface area contributed by atoms with Crippen LogP contribution in [0.4, 0.5) is 17.3 Å². The highest BCUT2D eigenvalue weighted by Crippen LogP contribution is 2.23. The Morgan fingerprint density at radius 1 is 0.962 bits per heavy atom. The second-order valence-corrected chi connectivity index (χ2v) is 7.53. The molecule has 1 aromatic heterocycles. The molecule has 134 valence electrons. The second-order valence-electron chi connectivity index (χ2n) is 5.42. The number of benzene rings is 2. The van der Waals surface area contributed by atoms with Crippen LogP contribution < -0.4 is 9.62 Å². The van der Waals surface area contributed by atoms with Crippen LogP contribution in [-0.4, -0.2) is 25.2 Å². The van der Waals surface area contributed by atoms with E-state index in [1.165, 1.54) is 24.3 Å². The number of hydrogen-bond acceptors (Lipinski definition) is 5. The molecular formula is C18H17ClN4O2S. The van der Waals surface area contributed by atoms with Crippen LogP contribution in [0.1, 0.15) is 6.92 Å². The monoisotopic (exact) mass is 388 g/mol. The Kier molecular flexibility index (Phi) is 5.39.